The molecule has 1 aromatic heterocycles. The summed E-state index contributed by atoms with van der Waals surface area (Å²) in [6.07, 6.45) is 3.38. The molecule has 1 saturated heterocycles. The van der Waals surface area contributed by atoms with Crippen molar-refractivity contribution < 1.29 is 19.4 Å². The molecule has 1 aliphatic rings. The number of carbonyl (C=O) groups excluding carboxylic acids is 1. The maximum absolute atomic E-state index is 11.8. The van der Waals surface area contributed by atoms with Gasteiger partial charge >= 0.3 is 5.97 Å². The first-order valence-electron chi connectivity index (χ1n) is 6.09. The van der Waals surface area contributed by atoms with Crippen molar-refractivity contribution in [3.63, 3.8) is 0 Å². The largest absolute Gasteiger partial charge is 0.481 e. The zero-order valence-electron chi connectivity index (χ0n) is 10.9. The second-order valence-electron chi connectivity index (χ2n) is 4.71. The van der Waals surface area contributed by atoms with E-state index in [4.69, 9.17) is 9.84 Å². The average molecular weight is 267 g/mol. The van der Waals surface area contributed by atoms with Crippen LogP contribution < -0.4 is 4.90 Å². The fourth-order valence-corrected chi connectivity index (χ4v) is 2.05. The summed E-state index contributed by atoms with van der Waals surface area (Å²) in [4.78, 5) is 24.1. The second-order valence-corrected chi connectivity index (χ2v) is 4.71. The number of aromatic nitrogens is 2. The highest BCUT2D eigenvalue weighted by Gasteiger charge is 2.35. The van der Waals surface area contributed by atoms with Crippen molar-refractivity contribution in [2.24, 2.45) is 5.92 Å². The maximum atomic E-state index is 11.8. The number of hydrogen-bond acceptors (Lipinski definition) is 4. The molecule has 19 heavy (non-hydrogen) atoms. The minimum absolute atomic E-state index is 0.0220. The van der Waals surface area contributed by atoms with Crippen LogP contribution in [0, 0.1) is 5.92 Å². The van der Waals surface area contributed by atoms with E-state index in [0.717, 1.165) is 0 Å². The molecule has 1 aliphatic heterocycles. The smallest absolute Gasteiger partial charge is 0.308 e. The SMILES string of the molecule is COC(C)Cn1cc(N2CC(C(=O)O)CC2=O)cn1. The van der Waals surface area contributed by atoms with E-state index >= 15 is 0 Å². The third-order valence-electron chi connectivity index (χ3n) is 3.25. The number of carbonyl (C=O) groups is 2. The zero-order valence-corrected chi connectivity index (χ0v) is 10.9. The number of anilines is 1. The summed E-state index contributed by atoms with van der Waals surface area (Å²) in [5.41, 5.74) is 0.636. The van der Waals surface area contributed by atoms with E-state index in [1.165, 1.54) is 4.90 Å². The van der Waals surface area contributed by atoms with Gasteiger partial charge in [0.05, 0.1) is 30.5 Å². The van der Waals surface area contributed by atoms with Crippen LogP contribution in [-0.2, 0) is 20.9 Å². The molecule has 2 rings (SSSR count). The second kappa shape index (κ2) is 5.40. The first-order chi connectivity index (χ1) is 9.01. The van der Waals surface area contributed by atoms with Crippen LogP contribution in [0.1, 0.15) is 13.3 Å². The third-order valence-corrected chi connectivity index (χ3v) is 3.25. The fraction of sp³-hybridized carbons (Fsp3) is 0.583. The lowest BCUT2D eigenvalue weighted by molar-refractivity contribution is -0.141. The lowest BCUT2D eigenvalue weighted by Crippen LogP contribution is -2.25. The molecule has 104 valence electrons. The Morgan fingerprint density at radius 3 is 3.00 bits per heavy atom. The standard InChI is InChI=1S/C12H17N3O4/c1-8(19-2)5-14-7-10(4-13-14)15-6-9(12(17)18)3-11(15)16/h4,7-9H,3,5-6H2,1-2H3,(H,17,18). The molecule has 1 amide bonds. The van der Waals surface area contributed by atoms with Crippen molar-refractivity contribution in [2.75, 3.05) is 18.6 Å². The Kier molecular flexibility index (Phi) is 3.84. The summed E-state index contributed by atoms with van der Waals surface area (Å²) in [6.45, 7) is 2.71. The summed E-state index contributed by atoms with van der Waals surface area (Å²) in [5.74, 6) is -1.74. The first-order valence-corrected chi connectivity index (χ1v) is 6.09. The van der Waals surface area contributed by atoms with Crippen molar-refractivity contribution >= 4 is 17.6 Å². The Morgan fingerprint density at radius 2 is 2.42 bits per heavy atom. The van der Waals surface area contributed by atoms with Crippen LogP contribution in [0.25, 0.3) is 0 Å². The van der Waals surface area contributed by atoms with E-state index in [1.54, 1.807) is 24.2 Å². The Bertz CT molecular complexity index is 485. The maximum Gasteiger partial charge on any atom is 0.308 e. The van der Waals surface area contributed by atoms with Crippen LogP contribution in [0.15, 0.2) is 12.4 Å². The zero-order chi connectivity index (χ0) is 14.0. The Hall–Kier alpha value is -1.89. The van der Waals surface area contributed by atoms with E-state index in [-0.39, 0.29) is 25.0 Å². The molecular formula is C12H17N3O4. The molecule has 0 aromatic carbocycles. The van der Waals surface area contributed by atoms with Crippen molar-refractivity contribution in [2.45, 2.75) is 26.0 Å². The summed E-state index contributed by atoms with van der Waals surface area (Å²) >= 11 is 0. The molecule has 1 aromatic rings. The molecule has 0 bridgehead atoms. The molecule has 0 saturated carbocycles. The summed E-state index contributed by atoms with van der Waals surface area (Å²) < 4.78 is 6.82. The molecule has 2 unspecified atom stereocenters. The Morgan fingerprint density at radius 1 is 1.68 bits per heavy atom. The van der Waals surface area contributed by atoms with Crippen LogP contribution >= 0.6 is 0 Å². The number of aliphatic carboxylic acids is 1. The van der Waals surface area contributed by atoms with Crippen molar-refractivity contribution in [1.29, 1.82) is 0 Å². The van der Waals surface area contributed by atoms with Gasteiger partial charge < -0.3 is 14.7 Å². The van der Waals surface area contributed by atoms with Gasteiger partial charge in [0.15, 0.2) is 0 Å². The predicted molar refractivity (Wildman–Crippen MR) is 66.8 cm³/mol. The number of amides is 1. The number of hydrogen-bond donors (Lipinski definition) is 1. The predicted octanol–water partition coefficient (Wildman–Crippen LogP) is 0.355. The van der Waals surface area contributed by atoms with Crippen LogP contribution in [0.4, 0.5) is 5.69 Å². The lowest BCUT2D eigenvalue weighted by atomic mass is 10.1. The van der Waals surface area contributed by atoms with Gasteiger partial charge in [-0.2, -0.15) is 5.10 Å². The average Bonchev–Trinajstić information content (AvgIpc) is 2.95. The molecule has 7 nitrogen and oxygen atoms in total. The lowest BCUT2D eigenvalue weighted by Gasteiger charge is -2.13. The highest BCUT2D eigenvalue weighted by Crippen LogP contribution is 2.24. The molecule has 7 heteroatoms. The summed E-state index contributed by atoms with van der Waals surface area (Å²) in [5, 5.41) is 13.1. The van der Waals surface area contributed by atoms with Crippen molar-refractivity contribution in [3.05, 3.63) is 12.4 Å². The van der Waals surface area contributed by atoms with E-state index in [9.17, 15) is 9.59 Å². The van der Waals surface area contributed by atoms with Gasteiger partial charge in [0, 0.05) is 26.3 Å². The number of carboxylic acids is 1. The van der Waals surface area contributed by atoms with E-state index in [0.29, 0.717) is 12.2 Å². The van der Waals surface area contributed by atoms with E-state index < -0.39 is 11.9 Å². The van der Waals surface area contributed by atoms with E-state index in [1.807, 2.05) is 6.92 Å². The van der Waals surface area contributed by atoms with Gasteiger partial charge in [-0.05, 0) is 6.92 Å². The Labute approximate surface area is 110 Å². The van der Waals surface area contributed by atoms with Crippen molar-refractivity contribution in [1.82, 2.24) is 9.78 Å². The molecule has 1 fully saturated rings. The van der Waals surface area contributed by atoms with Gasteiger partial charge in [-0.25, -0.2) is 0 Å². The number of methoxy groups -OCH3 is 1. The summed E-state index contributed by atoms with van der Waals surface area (Å²) in [7, 11) is 1.62. The number of rotatable bonds is 5. The van der Waals surface area contributed by atoms with Gasteiger partial charge in [0.25, 0.3) is 0 Å². The molecular weight excluding hydrogens is 250 g/mol. The monoisotopic (exact) mass is 267 g/mol. The molecule has 0 radical (unpaired) electrons. The van der Waals surface area contributed by atoms with Gasteiger partial charge in [-0.1, -0.05) is 0 Å². The van der Waals surface area contributed by atoms with Gasteiger partial charge in [0.2, 0.25) is 5.91 Å². The topological polar surface area (TPSA) is 84.7 Å². The minimum atomic E-state index is -0.934. The molecule has 0 spiro atoms. The number of nitrogens with zero attached hydrogens (tertiary/aromatic N) is 3. The van der Waals surface area contributed by atoms with Gasteiger partial charge in [0.1, 0.15) is 0 Å². The molecule has 2 atom stereocenters. The van der Waals surface area contributed by atoms with E-state index in [2.05, 4.69) is 5.10 Å². The number of ether oxygens (including phenoxy) is 1. The number of carboxylic acid groups (broad SMARTS) is 1. The third kappa shape index (κ3) is 2.93. The first kappa shape index (κ1) is 13.5. The Balaban J connectivity index is 2.06. The van der Waals surface area contributed by atoms with Crippen LogP contribution in [0.2, 0.25) is 0 Å². The highest BCUT2D eigenvalue weighted by atomic mass is 16.5. The highest BCUT2D eigenvalue weighted by molar-refractivity contribution is 5.98. The quantitative estimate of drug-likeness (QED) is 0.832. The van der Waals surface area contributed by atoms with Crippen LogP contribution in [0.5, 0.6) is 0 Å². The molecule has 1 N–H and O–H groups in total. The normalized spacial score (nSPS) is 20.8. The van der Waals surface area contributed by atoms with Crippen molar-refractivity contribution in [3.8, 4) is 0 Å². The van der Waals surface area contributed by atoms with Gasteiger partial charge in [-0.15, -0.1) is 0 Å². The van der Waals surface area contributed by atoms with Crippen LogP contribution in [-0.4, -0.2) is 46.5 Å². The molecule has 0 aliphatic carbocycles. The summed E-state index contributed by atoms with van der Waals surface area (Å²) in [6, 6.07) is 0. The minimum Gasteiger partial charge on any atom is -0.481 e. The van der Waals surface area contributed by atoms with Gasteiger partial charge in [-0.3, -0.25) is 14.3 Å². The van der Waals surface area contributed by atoms with Crippen LogP contribution in [0.3, 0.4) is 0 Å². The fourth-order valence-electron chi connectivity index (χ4n) is 2.05. The molecule has 2 heterocycles.